The zero-order valence-corrected chi connectivity index (χ0v) is 21.3. The molecule has 0 unspecified atom stereocenters. The number of piperazine rings is 1. The number of para-hydroxylation sites is 1. The quantitative estimate of drug-likeness (QED) is 0.453. The van der Waals surface area contributed by atoms with Gasteiger partial charge < -0.3 is 20.3 Å². The van der Waals surface area contributed by atoms with Crippen molar-refractivity contribution >= 4 is 28.8 Å². The van der Waals surface area contributed by atoms with Crippen LogP contribution in [0.4, 0.5) is 10.1 Å². The number of nitrogens with one attached hydrogen (secondary N) is 2. The first-order valence-electron chi connectivity index (χ1n) is 11.9. The van der Waals surface area contributed by atoms with E-state index in [0.717, 1.165) is 42.3 Å². The Kier molecular flexibility index (Phi) is 8.56. The first kappa shape index (κ1) is 25.7. The van der Waals surface area contributed by atoms with Gasteiger partial charge >= 0.3 is 11.8 Å². The van der Waals surface area contributed by atoms with E-state index in [9.17, 15) is 14.0 Å². The molecule has 7 nitrogen and oxygen atoms in total. The molecule has 0 saturated carbocycles. The monoisotopic (exact) mass is 510 g/mol. The van der Waals surface area contributed by atoms with E-state index in [-0.39, 0.29) is 24.4 Å². The first-order valence-corrected chi connectivity index (χ1v) is 12.8. The maximum absolute atomic E-state index is 13.3. The predicted molar refractivity (Wildman–Crippen MR) is 140 cm³/mol. The lowest BCUT2D eigenvalue weighted by atomic mass is 10.0. The molecular weight excluding hydrogens is 479 g/mol. The number of hydrogen-bond donors (Lipinski definition) is 2. The Morgan fingerprint density at radius 2 is 1.72 bits per heavy atom. The van der Waals surface area contributed by atoms with Crippen LogP contribution in [0.5, 0.6) is 5.75 Å². The Hall–Kier alpha value is -3.43. The number of thiophene rings is 1. The summed E-state index contributed by atoms with van der Waals surface area (Å²) in [5.41, 5.74) is 1.79. The van der Waals surface area contributed by atoms with Gasteiger partial charge in [-0.05, 0) is 48.7 Å². The van der Waals surface area contributed by atoms with E-state index < -0.39 is 11.8 Å². The predicted octanol–water partition coefficient (Wildman–Crippen LogP) is 3.58. The minimum Gasteiger partial charge on any atom is -0.496 e. The van der Waals surface area contributed by atoms with Crippen molar-refractivity contribution in [3.05, 3.63) is 82.3 Å². The fourth-order valence-electron chi connectivity index (χ4n) is 4.57. The van der Waals surface area contributed by atoms with Gasteiger partial charge in [0.25, 0.3) is 0 Å². The van der Waals surface area contributed by atoms with Gasteiger partial charge in [0, 0.05) is 54.9 Å². The second-order valence-electron chi connectivity index (χ2n) is 8.72. The van der Waals surface area contributed by atoms with Crippen LogP contribution in [0.2, 0.25) is 0 Å². The molecule has 1 aliphatic rings. The molecular formula is C27H31FN4O3S. The second-order valence-corrected chi connectivity index (χ2v) is 9.70. The number of nitrogens with zero attached hydrogens (tertiary/aromatic N) is 2. The van der Waals surface area contributed by atoms with Crippen LogP contribution in [0.25, 0.3) is 0 Å². The highest BCUT2D eigenvalue weighted by Crippen LogP contribution is 2.30. The van der Waals surface area contributed by atoms with Gasteiger partial charge in [-0.25, -0.2) is 4.39 Å². The number of rotatable bonds is 8. The molecule has 0 aliphatic carbocycles. The topological polar surface area (TPSA) is 73.9 Å². The average Bonchev–Trinajstić information content (AvgIpc) is 3.42. The molecule has 0 spiro atoms. The summed E-state index contributed by atoms with van der Waals surface area (Å²) in [4.78, 5) is 31.0. The normalized spacial score (nSPS) is 15.7. The van der Waals surface area contributed by atoms with E-state index in [1.807, 2.05) is 42.6 Å². The molecule has 36 heavy (non-hydrogen) atoms. The van der Waals surface area contributed by atoms with Crippen molar-refractivity contribution in [1.82, 2.24) is 15.5 Å². The Morgan fingerprint density at radius 3 is 2.39 bits per heavy atom. The number of carbonyl (C=O) groups excluding carboxylic acids is 2. The summed E-state index contributed by atoms with van der Waals surface area (Å²) in [6.07, 6.45) is 0. The Morgan fingerprint density at radius 1 is 1.00 bits per heavy atom. The van der Waals surface area contributed by atoms with Gasteiger partial charge in [0.2, 0.25) is 0 Å². The number of anilines is 1. The Labute approximate surface area is 214 Å². The number of hydrogen-bond acceptors (Lipinski definition) is 6. The minimum absolute atomic E-state index is 0.0636. The summed E-state index contributed by atoms with van der Waals surface area (Å²) in [6.45, 7) is 5.26. The molecule has 1 saturated heterocycles. The van der Waals surface area contributed by atoms with Crippen molar-refractivity contribution in [2.75, 3.05) is 38.2 Å². The van der Waals surface area contributed by atoms with Crippen molar-refractivity contribution in [2.45, 2.75) is 25.6 Å². The van der Waals surface area contributed by atoms with Crippen LogP contribution in [0.15, 0.2) is 66.0 Å². The summed E-state index contributed by atoms with van der Waals surface area (Å²) >= 11 is 1.64. The highest BCUT2D eigenvalue weighted by atomic mass is 32.1. The summed E-state index contributed by atoms with van der Waals surface area (Å²) in [6, 6.07) is 17.6. The van der Waals surface area contributed by atoms with E-state index >= 15 is 0 Å². The van der Waals surface area contributed by atoms with Gasteiger partial charge in [0.1, 0.15) is 11.6 Å². The van der Waals surface area contributed by atoms with Crippen molar-refractivity contribution in [1.29, 1.82) is 0 Å². The molecule has 0 bridgehead atoms. The van der Waals surface area contributed by atoms with E-state index in [4.69, 9.17) is 4.74 Å². The van der Waals surface area contributed by atoms with Crippen LogP contribution in [0, 0.1) is 5.82 Å². The van der Waals surface area contributed by atoms with Crippen LogP contribution in [-0.4, -0.2) is 56.0 Å². The SMILES string of the molecule is COc1ccccc1CNC(=O)C(=O)N[C@@H](C)[C@H](c1cccs1)N1CCN(c2ccc(F)cc2)CC1. The fourth-order valence-corrected chi connectivity index (χ4v) is 5.53. The van der Waals surface area contributed by atoms with Crippen LogP contribution in [0.1, 0.15) is 23.4 Å². The van der Waals surface area contributed by atoms with Crippen molar-refractivity contribution in [2.24, 2.45) is 0 Å². The lowest BCUT2D eigenvalue weighted by molar-refractivity contribution is -0.140. The fraction of sp³-hybridized carbons (Fsp3) is 0.333. The van der Waals surface area contributed by atoms with Gasteiger partial charge in [0.15, 0.2) is 0 Å². The maximum Gasteiger partial charge on any atom is 0.309 e. The van der Waals surface area contributed by atoms with Gasteiger partial charge in [-0.1, -0.05) is 24.3 Å². The van der Waals surface area contributed by atoms with E-state index in [1.165, 1.54) is 12.1 Å². The van der Waals surface area contributed by atoms with Crippen LogP contribution >= 0.6 is 11.3 Å². The Balaban J connectivity index is 1.37. The molecule has 1 aromatic heterocycles. The zero-order chi connectivity index (χ0) is 25.5. The van der Waals surface area contributed by atoms with Gasteiger partial charge in [-0.2, -0.15) is 0 Å². The standard InChI is InChI=1S/C27H31FN4O3S/c1-19(30-27(34)26(33)29-18-20-6-3-4-7-23(20)35-2)25(24-8-5-17-36-24)32-15-13-31(14-16-32)22-11-9-21(28)10-12-22/h3-12,17,19,25H,13-16,18H2,1-2H3,(H,29,33)(H,30,34)/t19-,25+/m0/s1. The van der Waals surface area contributed by atoms with Crippen LogP contribution in [0.3, 0.4) is 0 Å². The summed E-state index contributed by atoms with van der Waals surface area (Å²) in [5.74, 6) is -0.932. The lowest BCUT2D eigenvalue weighted by Gasteiger charge is -2.42. The molecule has 2 heterocycles. The number of ether oxygens (including phenoxy) is 1. The highest BCUT2D eigenvalue weighted by molar-refractivity contribution is 7.10. The third-order valence-corrected chi connectivity index (χ3v) is 7.35. The summed E-state index contributed by atoms with van der Waals surface area (Å²) in [5, 5.41) is 7.61. The number of benzene rings is 2. The highest BCUT2D eigenvalue weighted by Gasteiger charge is 2.32. The smallest absolute Gasteiger partial charge is 0.309 e. The summed E-state index contributed by atoms with van der Waals surface area (Å²) in [7, 11) is 1.57. The first-order chi connectivity index (χ1) is 17.5. The second kappa shape index (κ2) is 12.0. The molecule has 2 atom stereocenters. The van der Waals surface area contributed by atoms with Crippen LogP contribution < -0.4 is 20.3 Å². The van der Waals surface area contributed by atoms with Gasteiger partial charge in [-0.15, -0.1) is 11.3 Å². The van der Waals surface area contributed by atoms with Crippen molar-refractivity contribution in [3.8, 4) is 5.75 Å². The number of halogens is 1. The number of amides is 2. The lowest BCUT2D eigenvalue weighted by Crippen LogP contribution is -2.53. The third-order valence-electron chi connectivity index (χ3n) is 6.40. The van der Waals surface area contributed by atoms with Gasteiger partial charge in [-0.3, -0.25) is 14.5 Å². The molecule has 2 amide bonds. The van der Waals surface area contributed by atoms with Crippen molar-refractivity contribution < 1.29 is 18.7 Å². The van der Waals surface area contributed by atoms with E-state index in [0.29, 0.717) is 5.75 Å². The number of carbonyl (C=O) groups is 2. The van der Waals surface area contributed by atoms with E-state index in [2.05, 4.69) is 26.5 Å². The number of methoxy groups -OCH3 is 1. The summed E-state index contributed by atoms with van der Waals surface area (Å²) < 4.78 is 18.6. The molecule has 1 fully saturated rings. The van der Waals surface area contributed by atoms with Crippen LogP contribution in [-0.2, 0) is 16.1 Å². The molecule has 1 aliphatic heterocycles. The van der Waals surface area contributed by atoms with E-state index in [1.54, 1.807) is 30.6 Å². The molecule has 0 radical (unpaired) electrons. The molecule has 2 aromatic carbocycles. The minimum atomic E-state index is -0.682. The zero-order valence-electron chi connectivity index (χ0n) is 20.4. The maximum atomic E-state index is 13.3. The molecule has 3 aromatic rings. The molecule has 2 N–H and O–H groups in total. The van der Waals surface area contributed by atoms with Crippen molar-refractivity contribution in [3.63, 3.8) is 0 Å². The Bertz CT molecular complexity index is 1150. The molecule has 9 heteroatoms. The third kappa shape index (κ3) is 6.22. The molecule has 4 rings (SSSR count). The van der Waals surface area contributed by atoms with Gasteiger partial charge in [0.05, 0.1) is 13.2 Å². The average molecular weight is 511 g/mol. The largest absolute Gasteiger partial charge is 0.496 e. The molecule has 190 valence electrons.